The quantitative estimate of drug-likeness (QED) is 0.653. The minimum Gasteiger partial charge on any atom is -0.496 e. The molecule has 0 aromatic heterocycles. The summed E-state index contributed by atoms with van der Waals surface area (Å²) in [5.41, 5.74) is -0.133. The molecule has 1 N–H and O–H groups in total. The Morgan fingerprint density at radius 3 is 2.62 bits per heavy atom. The van der Waals surface area contributed by atoms with Crippen LogP contribution in [0.4, 0.5) is 4.39 Å². The Bertz CT molecular complexity index is 445. The number of ether oxygens (including phenoxy) is 1. The van der Waals surface area contributed by atoms with Crippen molar-refractivity contribution in [3.05, 3.63) is 28.5 Å². The van der Waals surface area contributed by atoms with Gasteiger partial charge in [-0.2, -0.15) is 0 Å². The first-order chi connectivity index (χ1) is 7.45. The highest BCUT2D eigenvalue weighted by Gasteiger charge is 2.18. The predicted octanol–water partition coefficient (Wildman–Crippen LogP) is 2.15. The fourth-order valence-corrected chi connectivity index (χ4v) is 1.30. The summed E-state index contributed by atoms with van der Waals surface area (Å²) in [4.78, 5) is 21.8. The van der Waals surface area contributed by atoms with Gasteiger partial charge in [-0.1, -0.05) is 11.6 Å². The number of carbonyl (C=O) groups excluding carboxylic acids is 1. The number of methoxy groups -OCH3 is 1. The van der Waals surface area contributed by atoms with E-state index in [9.17, 15) is 14.0 Å². The molecule has 0 unspecified atom stereocenters. The van der Waals surface area contributed by atoms with Crippen molar-refractivity contribution in [1.82, 2.24) is 0 Å². The number of carbonyl (C=O) groups is 2. The van der Waals surface area contributed by atoms with Crippen LogP contribution in [0, 0.1) is 5.82 Å². The second kappa shape index (κ2) is 4.94. The van der Waals surface area contributed by atoms with Gasteiger partial charge in [0, 0.05) is 6.07 Å². The van der Waals surface area contributed by atoms with Crippen LogP contribution in [-0.4, -0.2) is 24.0 Å². The lowest BCUT2D eigenvalue weighted by Gasteiger charge is -2.07. The number of carboxylic acid groups (broad SMARTS) is 1. The molecule has 1 aromatic carbocycles. The number of rotatable bonds is 4. The van der Waals surface area contributed by atoms with Crippen molar-refractivity contribution in [1.29, 1.82) is 0 Å². The standard InChI is InChI=1S/C10H8ClFO4/c1-16-9-3-6(11)7(12)2-5(9)8(13)4-10(14)15/h2-3H,4H2,1H3,(H,14,15). The van der Waals surface area contributed by atoms with E-state index in [0.29, 0.717) is 0 Å². The first kappa shape index (κ1) is 12.4. The molecule has 0 aliphatic carbocycles. The summed E-state index contributed by atoms with van der Waals surface area (Å²) in [5, 5.41) is 8.26. The Balaban J connectivity index is 3.16. The molecule has 6 heteroatoms. The molecule has 0 aliphatic rings. The molecular weight excluding hydrogens is 239 g/mol. The molecule has 0 aliphatic heterocycles. The number of benzene rings is 1. The molecule has 0 saturated carbocycles. The summed E-state index contributed by atoms with van der Waals surface area (Å²) in [5.74, 6) is -2.77. The molecule has 1 aromatic rings. The fourth-order valence-electron chi connectivity index (χ4n) is 1.15. The second-order valence-electron chi connectivity index (χ2n) is 2.96. The third kappa shape index (κ3) is 2.70. The molecule has 0 saturated heterocycles. The molecule has 0 bridgehead atoms. The third-order valence-electron chi connectivity index (χ3n) is 1.85. The zero-order valence-corrected chi connectivity index (χ0v) is 9.05. The van der Waals surface area contributed by atoms with E-state index >= 15 is 0 Å². The van der Waals surface area contributed by atoms with Crippen molar-refractivity contribution in [2.75, 3.05) is 7.11 Å². The van der Waals surface area contributed by atoms with Crippen molar-refractivity contribution in [3.63, 3.8) is 0 Å². The van der Waals surface area contributed by atoms with Gasteiger partial charge in [0.25, 0.3) is 0 Å². The number of aliphatic carboxylic acids is 1. The number of halogens is 2. The summed E-state index contributed by atoms with van der Waals surface area (Å²) in [6, 6.07) is 2.00. The van der Waals surface area contributed by atoms with Crippen LogP contribution in [0.2, 0.25) is 5.02 Å². The van der Waals surface area contributed by atoms with E-state index in [2.05, 4.69) is 0 Å². The predicted molar refractivity (Wildman–Crippen MR) is 54.5 cm³/mol. The van der Waals surface area contributed by atoms with Crippen LogP contribution in [-0.2, 0) is 4.79 Å². The second-order valence-corrected chi connectivity index (χ2v) is 3.37. The van der Waals surface area contributed by atoms with Gasteiger partial charge in [-0.3, -0.25) is 9.59 Å². The lowest BCUT2D eigenvalue weighted by Crippen LogP contribution is -2.09. The van der Waals surface area contributed by atoms with E-state index in [1.165, 1.54) is 7.11 Å². The molecule has 1 rings (SSSR count). The average Bonchev–Trinajstić information content (AvgIpc) is 2.20. The van der Waals surface area contributed by atoms with Gasteiger partial charge in [0.05, 0.1) is 17.7 Å². The lowest BCUT2D eigenvalue weighted by atomic mass is 10.1. The van der Waals surface area contributed by atoms with Crippen molar-refractivity contribution >= 4 is 23.4 Å². The molecule has 0 spiro atoms. The van der Waals surface area contributed by atoms with Crippen LogP contribution in [0.15, 0.2) is 12.1 Å². The minimum atomic E-state index is -1.29. The summed E-state index contributed by atoms with van der Waals surface area (Å²) in [6.07, 6.45) is -0.725. The molecule has 4 nitrogen and oxygen atoms in total. The maximum absolute atomic E-state index is 13.1. The summed E-state index contributed by atoms with van der Waals surface area (Å²) >= 11 is 5.49. The zero-order valence-electron chi connectivity index (χ0n) is 8.29. The van der Waals surface area contributed by atoms with Gasteiger partial charge in [0.2, 0.25) is 0 Å². The summed E-state index contributed by atoms with van der Waals surface area (Å²) in [7, 11) is 1.28. The number of hydrogen-bond acceptors (Lipinski definition) is 3. The van der Waals surface area contributed by atoms with Crippen LogP contribution in [0.5, 0.6) is 5.75 Å². The topological polar surface area (TPSA) is 63.6 Å². The normalized spacial score (nSPS) is 9.94. The molecule has 0 fully saturated rings. The van der Waals surface area contributed by atoms with E-state index in [-0.39, 0.29) is 16.3 Å². The number of hydrogen-bond donors (Lipinski definition) is 1. The van der Waals surface area contributed by atoms with E-state index in [1.54, 1.807) is 0 Å². The fraction of sp³-hybridized carbons (Fsp3) is 0.200. The summed E-state index contributed by atoms with van der Waals surface area (Å²) < 4.78 is 17.9. The van der Waals surface area contributed by atoms with Gasteiger partial charge in [-0.25, -0.2) is 4.39 Å². The Morgan fingerprint density at radius 1 is 1.50 bits per heavy atom. The van der Waals surface area contributed by atoms with E-state index in [0.717, 1.165) is 12.1 Å². The summed E-state index contributed by atoms with van der Waals surface area (Å²) in [6.45, 7) is 0. The Morgan fingerprint density at radius 2 is 2.12 bits per heavy atom. The highest BCUT2D eigenvalue weighted by molar-refractivity contribution is 6.31. The Hall–Kier alpha value is -1.62. The third-order valence-corrected chi connectivity index (χ3v) is 2.14. The average molecular weight is 247 g/mol. The van der Waals surface area contributed by atoms with Crippen LogP contribution < -0.4 is 4.74 Å². The van der Waals surface area contributed by atoms with Gasteiger partial charge in [0.1, 0.15) is 18.0 Å². The van der Waals surface area contributed by atoms with Gasteiger partial charge in [0.15, 0.2) is 5.78 Å². The molecule has 0 heterocycles. The molecule has 86 valence electrons. The van der Waals surface area contributed by atoms with Gasteiger partial charge >= 0.3 is 5.97 Å². The van der Waals surface area contributed by atoms with E-state index in [4.69, 9.17) is 21.4 Å². The van der Waals surface area contributed by atoms with Gasteiger partial charge < -0.3 is 9.84 Å². The minimum absolute atomic E-state index is 0.0534. The van der Waals surface area contributed by atoms with Crippen LogP contribution in [0.1, 0.15) is 16.8 Å². The molecular formula is C10H8ClFO4. The van der Waals surface area contributed by atoms with Crippen molar-refractivity contribution in [2.24, 2.45) is 0 Å². The lowest BCUT2D eigenvalue weighted by molar-refractivity contribution is -0.135. The number of carboxylic acids is 1. The SMILES string of the molecule is COc1cc(Cl)c(F)cc1C(=O)CC(=O)O. The van der Waals surface area contributed by atoms with Crippen LogP contribution in [0.25, 0.3) is 0 Å². The molecule has 0 atom stereocenters. The number of Topliss-reactive ketones (excluding diaryl/α,β-unsaturated/α-hetero) is 1. The highest BCUT2D eigenvalue weighted by atomic mass is 35.5. The highest BCUT2D eigenvalue weighted by Crippen LogP contribution is 2.27. The maximum atomic E-state index is 13.1. The largest absolute Gasteiger partial charge is 0.496 e. The van der Waals surface area contributed by atoms with E-state index < -0.39 is 24.0 Å². The van der Waals surface area contributed by atoms with Gasteiger partial charge in [-0.15, -0.1) is 0 Å². The first-order valence-electron chi connectivity index (χ1n) is 4.23. The molecule has 16 heavy (non-hydrogen) atoms. The Labute approximate surface area is 95.6 Å². The maximum Gasteiger partial charge on any atom is 0.311 e. The van der Waals surface area contributed by atoms with Crippen molar-refractivity contribution in [3.8, 4) is 5.75 Å². The molecule has 0 radical (unpaired) electrons. The molecule has 0 amide bonds. The van der Waals surface area contributed by atoms with E-state index in [1.807, 2.05) is 0 Å². The van der Waals surface area contributed by atoms with Crippen LogP contribution >= 0.6 is 11.6 Å². The monoisotopic (exact) mass is 246 g/mol. The Kier molecular flexibility index (Phi) is 3.84. The smallest absolute Gasteiger partial charge is 0.311 e. The first-order valence-corrected chi connectivity index (χ1v) is 4.61. The van der Waals surface area contributed by atoms with Crippen molar-refractivity contribution < 1.29 is 23.8 Å². The van der Waals surface area contributed by atoms with Gasteiger partial charge in [-0.05, 0) is 6.07 Å². The van der Waals surface area contributed by atoms with Crippen molar-refractivity contribution in [2.45, 2.75) is 6.42 Å². The van der Waals surface area contributed by atoms with Crippen LogP contribution in [0.3, 0.4) is 0 Å². The number of ketones is 1. The zero-order chi connectivity index (χ0) is 12.3.